The van der Waals surface area contributed by atoms with Gasteiger partial charge >= 0.3 is 5.97 Å². The molecule has 1 N–H and O–H groups in total. The molecular formula is C18H21NO5S. The molecule has 2 aromatic rings. The van der Waals surface area contributed by atoms with E-state index in [4.69, 9.17) is 9.47 Å². The van der Waals surface area contributed by atoms with Crippen molar-refractivity contribution < 1.29 is 22.7 Å². The minimum atomic E-state index is -3.72. The number of hydrogen-bond acceptors (Lipinski definition) is 5. The SMILES string of the molecule is CCOCCOC(=O)c1cccc(NS(=O)(=O)c2ccc(C)cc2)c1. The van der Waals surface area contributed by atoms with Crippen LogP contribution >= 0.6 is 0 Å². The molecule has 0 saturated heterocycles. The molecule has 7 heteroatoms. The van der Waals surface area contributed by atoms with Gasteiger partial charge in [-0.25, -0.2) is 13.2 Å². The van der Waals surface area contributed by atoms with Crippen LogP contribution in [-0.4, -0.2) is 34.2 Å². The van der Waals surface area contributed by atoms with Gasteiger partial charge in [-0.15, -0.1) is 0 Å². The van der Waals surface area contributed by atoms with Crippen LogP contribution in [0.4, 0.5) is 5.69 Å². The van der Waals surface area contributed by atoms with E-state index in [9.17, 15) is 13.2 Å². The standard InChI is InChI=1S/C18H21NO5S/c1-3-23-11-12-24-18(20)15-5-4-6-16(13-15)19-25(21,22)17-9-7-14(2)8-10-17/h4-10,13,19H,3,11-12H2,1-2H3. The third-order valence-electron chi connectivity index (χ3n) is 3.35. The highest BCUT2D eigenvalue weighted by Gasteiger charge is 2.15. The van der Waals surface area contributed by atoms with Crippen LogP contribution in [0.5, 0.6) is 0 Å². The maximum Gasteiger partial charge on any atom is 0.338 e. The first kappa shape index (κ1) is 19.0. The van der Waals surface area contributed by atoms with Crippen LogP contribution in [0.25, 0.3) is 0 Å². The van der Waals surface area contributed by atoms with Crippen molar-refractivity contribution in [1.82, 2.24) is 0 Å². The van der Waals surface area contributed by atoms with Crippen LogP contribution in [0.15, 0.2) is 53.4 Å². The molecular weight excluding hydrogens is 342 g/mol. The number of nitrogens with one attached hydrogen (secondary N) is 1. The van der Waals surface area contributed by atoms with Gasteiger partial charge in [0.1, 0.15) is 6.61 Å². The number of carbonyl (C=O) groups excluding carboxylic acids is 1. The number of anilines is 1. The largest absolute Gasteiger partial charge is 0.460 e. The van der Waals surface area contributed by atoms with Crippen LogP contribution in [0.3, 0.4) is 0 Å². The molecule has 0 spiro atoms. The summed E-state index contributed by atoms with van der Waals surface area (Å²) in [6, 6.07) is 12.7. The topological polar surface area (TPSA) is 81.7 Å². The first-order chi connectivity index (χ1) is 11.9. The number of rotatable bonds is 8. The number of sulfonamides is 1. The summed E-state index contributed by atoms with van der Waals surface area (Å²) in [4.78, 5) is 12.1. The summed E-state index contributed by atoms with van der Waals surface area (Å²) >= 11 is 0. The number of benzene rings is 2. The predicted octanol–water partition coefficient (Wildman–Crippen LogP) is 2.99. The van der Waals surface area contributed by atoms with E-state index >= 15 is 0 Å². The molecule has 0 bridgehead atoms. The molecule has 0 aliphatic heterocycles. The van der Waals surface area contributed by atoms with Crippen LogP contribution in [0.1, 0.15) is 22.8 Å². The third kappa shape index (κ3) is 5.58. The van der Waals surface area contributed by atoms with E-state index in [0.29, 0.717) is 18.9 Å². The maximum atomic E-state index is 12.4. The Kier molecular flexibility index (Phi) is 6.55. The second-order valence-electron chi connectivity index (χ2n) is 5.33. The van der Waals surface area contributed by atoms with Crippen molar-refractivity contribution >= 4 is 21.7 Å². The normalized spacial score (nSPS) is 11.1. The van der Waals surface area contributed by atoms with Crippen molar-refractivity contribution in [3.8, 4) is 0 Å². The summed E-state index contributed by atoms with van der Waals surface area (Å²) in [5, 5.41) is 0. The van der Waals surface area contributed by atoms with E-state index in [1.54, 1.807) is 30.3 Å². The Hall–Kier alpha value is -2.38. The quantitative estimate of drug-likeness (QED) is 0.576. The molecule has 2 aromatic carbocycles. The highest BCUT2D eigenvalue weighted by atomic mass is 32.2. The molecule has 0 amide bonds. The fourth-order valence-electron chi connectivity index (χ4n) is 2.06. The number of aryl methyl sites for hydroxylation is 1. The van der Waals surface area contributed by atoms with E-state index in [2.05, 4.69) is 4.72 Å². The van der Waals surface area contributed by atoms with Gasteiger partial charge in [0, 0.05) is 12.3 Å². The Bertz CT molecular complexity index is 816. The number of hydrogen-bond donors (Lipinski definition) is 1. The zero-order valence-electron chi connectivity index (χ0n) is 14.2. The van der Waals surface area contributed by atoms with Crippen molar-refractivity contribution in [2.45, 2.75) is 18.7 Å². The smallest absolute Gasteiger partial charge is 0.338 e. The lowest BCUT2D eigenvalue weighted by atomic mass is 10.2. The molecule has 2 rings (SSSR count). The summed E-state index contributed by atoms with van der Waals surface area (Å²) in [5.74, 6) is -0.531. The van der Waals surface area contributed by atoms with Crippen molar-refractivity contribution in [2.24, 2.45) is 0 Å². The van der Waals surface area contributed by atoms with E-state index in [-0.39, 0.29) is 17.1 Å². The molecule has 6 nitrogen and oxygen atoms in total. The van der Waals surface area contributed by atoms with Crippen molar-refractivity contribution in [3.63, 3.8) is 0 Å². The fourth-order valence-corrected chi connectivity index (χ4v) is 3.11. The molecule has 0 radical (unpaired) electrons. The van der Waals surface area contributed by atoms with Gasteiger partial charge in [0.15, 0.2) is 0 Å². The summed E-state index contributed by atoms with van der Waals surface area (Å²) in [7, 11) is -3.72. The van der Waals surface area contributed by atoms with Crippen LogP contribution in [0.2, 0.25) is 0 Å². The second kappa shape index (κ2) is 8.64. The van der Waals surface area contributed by atoms with Gasteiger partial charge in [0.25, 0.3) is 10.0 Å². The van der Waals surface area contributed by atoms with E-state index in [1.165, 1.54) is 18.2 Å². The lowest BCUT2D eigenvalue weighted by Crippen LogP contribution is -2.14. The van der Waals surface area contributed by atoms with Crippen LogP contribution in [-0.2, 0) is 19.5 Å². The Morgan fingerprint density at radius 1 is 1.08 bits per heavy atom. The minimum Gasteiger partial charge on any atom is -0.460 e. The first-order valence-electron chi connectivity index (χ1n) is 7.87. The molecule has 25 heavy (non-hydrogen) atoms. The van der Waals surface area contributed by atoms with Crippen molar-refractivity contribution in [3.05, 3.63) is 59.7 Å². The van der Waals surface area contributed by atoms with Gasteiger partial charge in [0.05, 0.1) is 17.1 Å². The second-order valence-corrected chi connectivity index (χ2v) is 7.01. The highest BCUT2D eigenvalue weighted by Crippen LogP contribution is 2.18. The number of esters is 1. The average molecular weight is 363 g/mol. The lowest BCUT2D eigenvalue weighted by molar-refractivity contribution is 0.0335. The van der Waals surface area contributed by atoms with Gasteiger partial charge in [-0.1, -0.05) is 23.8 Å². The van der Waals surface area contributed by atoms with Gasteiger partial charge < -0.3 is 9.47 Å². The molecule has 0 aliphatic carbocycles. The zero-order valence-corrected chi connectivity index (χ0v) is 15.0. The third-order valence-corrected chi connectivity index (χ3v) is 4.74. The summed E-state index contributed by atoms with van der Waals surface area (Å²) in [6.07, 6.45) is 0. The van der Waals surface area contributed by atoms with Gasteiger partial charge in [-0.05, 0) is 44.2 Å². The average Bonchev–Trinajstić information content (AvgIpc) is 2.59. The van der Waals surface area contributed by atoms with E-state index in [0.717, 1.165) is 5.56 Å². The molecule has 0 aromatic heterocycles. The Labute approximate surface area is 147 Å². The van der Waals surface area contributed by atoms with Crippen molar-refractivity contribution in [1.29, 1.82) is 0 Å². The van der Waals surface area contributed by atoms with Crippen molar-refractivity contribution in [2.75, 3.05) is 24.5 Å². The Balaban J connectivity index is 2.08. The summed E-state index contributed by atoms with van der Waals surface area (Å²) < 4.78 is 37.4. The van der Waals surface area contributed by atoms with E-state index < -0.39 is 16.0 Å². The molecule has 0 unspecified atom stereocenters. The molecule has 0 heterocycles. The van der Waals surface area contributed by atoms with Gasteiger partial charge in [-0.2, -0.15) is 0 Å². The minimum absolute atomic E-state index is 0.145. The molecule has 134 valence electrons. The Morgan fingerprint density at radius 2 is 1.80 bits per heavy atom. The molecule has 0 saturated carbocycles. The Morgan fingerprint density at radius 3 is 2.48 bits per heavy atom. The fraction of sp³-hybridized carbons (Fsp3) is 0.278. The summed E-state index contributed by atoms with van der Waals surface area (Å²) in [5.41, 5.74) is 1.52. The van der Waals surface area contributed by atoms with Crippen LogP contribution in [0, 0.1) is 6.92 Å². The molecule has 0 aliphatic rings. The monoisotopic (exact) mass is 363 g/mol. The molecule has 0 fully saturated rings. The van der Waals surface area contributed by atoms with Crippen LogP contribution < -0.4 is 4.72 Å². The maximum absolute atomic E-state index is 12.4. The first-order valence-corrected chi connectivity index (χ1v) is 9.35. The predicted molar refractivity (Wildman–Crippen MR) is 95.2 cm³/mol. The van der Waals surface area contributed by atoms with Gasteiger partial charge in [-0.3, -0.25) is 4.72 Å². The number of ether oxygens (including phenoxy) is 2. The highest BCUT2D eigenvalue weighted by molar-refractivity contribution is 7.92. The summed E-state index contributed by atoms with van der Waals surface area (Å²) in [6.45, 7) is 4.75. The lowest BCUT2D eigenvalue weighted by Gasteiger charge is -2.10. The van der Waals surface area contributed by atoms with Gasteiger partial charge in [0.2, 0.25) is 0 Å². The molecule has 0 atom stereocenters. The van der Waals surface area contributed by atoms with E-state index in [1.807, 2.05) is 13.8 Å². The zero-order chi connectivity index (χ0) is 18.3. The number of carbonyl (C=O) groups is 1.